The molecule has 0 unspecified atom stereocenters. The molecule has 0 N–H and O–H groups in total. The molecule has 3 rings (SSSR count). The molecule has 4 nitrogen and oxygen atoms in total. The molecule has 2 saturated heterocycles. The number of hydrogen-bond acceptors (Lipinski definition) is 4. The molecular formula is C17H28O4. The normalized spacial score (nSPS) is 44.3. The Morgan fingerprint density at radius 1 is 1.19 bits per heavy atom. The van der Waals surface area contributed by atoms with E-state index in [4.69, 9.17) is 14.2 Å². The van der Waals surface area contributed by atoms with E-state index in [1.165, 1.54) is 6.42 Å². The van der Waals surface area contributed by atoms with Gasteiger partial charge in [0.15, 0.2) is 0 Å². The molecule has 0 bridgehead atoms. The first-order chi connectivity index (χ1) is 10.00. The Hall–Kier alpha value is -0.610. The summed E-state index contributed by atoms with van der Waals surface area (Å²) in [4.78, 5) is 12.2. The zero-order valence-corrected chi connectivity index (χ0v) is 13.5. The number of carbonyl (C=O) groups is 1. The average Bonchev–Trinajstić information content (AvgIpc) is 2.90. The molecule has 0 aromatic rings. The summed E-state index contributed by atoms with van der Waals surface area (Å²) in [6.45, 7) is 7.42. The topological polar surface area (TPSA) is 44.8 Å². The quantitative estimate of drug-likeness (QED) is 0.734. The lowest BCUT2D eigenvalue weighted by atomic mass is 9.72. The molecule has 3 fully saturated rings. The van der Waals surface area contributed by atoms with Crippen molar-refractivity contribution in [3.63, 3.8) is 0 Å². The van der Waals surface area contributed by atoms with Crippen LogP contribution in [-0.2, 0) is 19.0 Å². The Morgan fingerprint density at radius 3 is 2.67 bits per heavy atom. The summed E-state index contributed by atoms with van der Waals surface area (Å²) in [5.74, 6) is 0.463. The monoisotopic (exact) mass is 296 g/mol. The fourth-order valence-corrected chi connectivity index (χ4v) is 4.34. The third kappa shape index (κ3) is 2.98. The molecule has 0 amide bonds. The van der Waals surface area contributed by atoms with Crippen molar-refractivity contribution >= 4 is 5.97 Å². The van der Waals surface area contributed by atoms with E-state index in [9.17, 15) is 4.79 Å². The van der Waals surface area contributed by atoms with E-state index in [2.05, 4.69) is 20.8 Å². The number of ether oxygens (including phenoxy) is 3. The number of esters is 1. The van der Waals surface area contributed by atoms with Crippen LogP contribution in [0.3, 0.4) is 0 Å². The molecule has 120 valence electrons. The molecule has 21 heavy (non-hydrogen) atoms. The van der Waals surface area contributed by atoms with Gasteiger partial charge in [0.05, 0.1) is 18.6 Å². The Bertz CT molecular complexity index is 388. The van der Waals surface area contributed by atoms with Gasteiger partial charge in [0.2, 0.25) is 5.79 Å². The standard InChI is InChI=1S/C17H28O4/c1-11(2)13-7-6-12(3)10-17(13)20-15(9-16(18)21-17)14-5-4-8-19-14/h11-15H,4-10H2,1-3H3/t12-,13+,14-,15+,17-/m1/s1. The van der Waals surface area contributed by atoms with Crippen molar-refractivity contribution in [3.8, 4) is 0 Å². The fourth-order valence-electron chi connectivity index (χ4n) is 4.34. The van der Waals surface area contributed by atoms with E-state index in [0.29, 0.717) is 24.2 Å². The minimum atomic E-state index is -0.711. The first kappa shape index (κ1) is 15.3. The summed E-state index contributed by atoms with van der Waals surface area (Å²) in [5.41, 5.74) is 0. The maximum absolute atomic E-state index is 12.2. The Balaban J connectivity index is 1.83. The van der Waals surface area contributed by atoms with Crippen LogP contribution in [0.15, 0.2) is 0 Å². The van der Waals surface area contributed by atoms with Gasteiger partial charge >= 0.3 is 5.97 Å². The largest absolute Gasteiger partial charge is 0.433 e. The summed E-state index contributed by atoms with van der Waals surface area (Å²) in [7, 11) is 0. The molecule has 1 aliphatic carbocycles. The van der Waals surface area contributed by atoms with E-state index in [-0.39, 0.29) is 18.2 Å². The number of rotatable bonds is 2. The van der Waals surface area contributed by atoms with Crippen molar-refractivity contribution in [2.75, 3.05) is 6.61 Å². The van der Waals surface area contributed by atoms with Gasteiger partial charge in [0.1, 0.15) is 0 Å². The van der Waals surface area contributed by atoms with E-state index in [1.54, 1.807) is 0 Å². The predicted molar refractivity (Wildman–Crippen MR) is 78.6 cm³/mol. The minimum Gasteiger partial charge on any atom is -0.433 e. The molecule has 0 aromatic carbocycles. The van der Waals surface area contributed by atoms with Crippen LogP contribution in [0.1, 0.15) is 59.3 Å². The van der Waals surface area contributed by atoms with Gasteiger partial charge in [-0.1, -0.05) is 20.8 Å². The van der Waals surface area contributed by atoms with Crippen LogP contribution < -0.4 is 0 Å². The van der Waals surface area contributed by atoms with Crippen LogP contribution in [0.25, 0.3) is 0 Å². The van der Waals surface area contributed by atoms with Crippen LogP contribution in [0, 0.1) is 17.8 Å². The van der Waals surface area contributed by atoms with Crippen molar-refractivity contribution in [2.45, 2.75) is 77.3 Å². The molecule has 0 radical (unpaired) electrons. The van der Waals surface area contributed by atoms with Gasteiger partial charge in [-0.15, -0.1) is 0 Å². The molecule has 0 aromatic heterocycles. The SMILES string of the molecule is CC(C)[C@@H]1CC[C@@H](C)C[C@@]12OC(=O)C[C@@H]([C@H]1CCCO1)O2. The Morgan fingerprint density at radius 2 is 2.00 bits per heavy atom. The van der Waals surface area contributed by atoms with Crippen molar-refractivity contribution < 1.29 is 19.0 Å². The molecule has 3 aliphatic rings. The highest BCUT2D eigenvalue weighted by Crippen LogP contribution is 2.47. The smallest absolute Gasteiger partial charge is 0.311 e. The summed E-state index contributed by atoms with van der Waals surface area (Å²) in [6.07, 6.45) is 5.43. The highest BCUT2D eigenvalue weighted by Gasteiger charge is 2.54. The average molecular weight is 296 g/mol. The van der Waals surface area contributed by atoms with Crippen LogP contribution in [0.4, 0.5) is 0 Å². The second kappa shape index (κ2) is 5.88. The summed E-state index contributed by atoms with van der Waals surface area (Å²) in [5, 5.41) is 0. The summed E-state index contributed by atoms with van der Waals surface area (Å²) in [6, 6.07) is 0. The van der Waals surface area contributed by atoms with Crippen LogP contribution >= 0.6 is 0 Å². The van der Waals surface area contributed by atoms with Gasteiger partial charge in [-0.25, -0.2) is 0 Å². The first-order valence-corrected chi connectivity index (χ1v) is 8.51. The first-order valence-electron chi connectivity index (χ1n) is 8.51. The maximum Gasteiger partial charge on any atom is 0.311 e. The van der Waals surface area contributed by atoms with E-state index in [0.717, 1.165) is 32.3 Å². The third-order valence-electron chi connectivity index (χ3n) is 5.36. The zero-order valence-electron chi connectivity index (χ0n) is 13.5. The zero-order chi connectivity index (χ0) is 15.0. The van der Waals surface area contributed by atoms with Crippen LogP contribution in [0.2, 0.25) is 0 Å². The Labute approximate surface area is 127 Å². The molecule has 4 heteroatoms. The van der Waals surface area contributed by atoms with Crippen molar-refractivity contribution in [1.29, 1.82) is 0 Å². The van der Waals surface area contributed by atoms with E-state index >= 15 is 0 Å². The lowest BCUT2D eigenvalue weighted by Gasteiger charge is -2.51. The lowest BCUT2D eigenvalue weighted by Crippen LogP contribution is -2.57. The van der Waals surface area contributed by atoms with Crippen molar-refractivity contribution in [3.05, 3.63) is 0 Å². The van der Waals surface area contributed by atoms with Crippen LogP contribution in [0.5, 0.6) is 0 Å². The number of carbonyl (C=O) groups excluding carboxylic acids is 1. The third-order valence-corrected chi connectivity index (χ3v) is 5.36. The van der Waals surface area contributed by atoms with Crippen LogP contribution in [-0.4, -0.2) is 30.6 Å². The van der Waals surface area contributed by atoms with Gasteiger partial charge in [0.25, 0.3) is 0 Å². The molecule has 5 atom stereocenters. The van der Waals surface area contributed by atoms with E-state index < -0.39 is 5.79 Å². The van der Waals surface area contributed by atoms with Gasteiger partial charge < -0.3 is 14.2 Å². The summed E-state index contributed by atoms with van der Waals surface area (Å²) < 4.78 is 18.0. The van der Waals surface area contributed by atoms with E-state index in [1.807, 2.05) is 0 Å². The van der Waals surface area contributed by atoms with Gasteiger partial charge in [-0.2, -0.15) is 0 Å². The second-order valence-electron chi connectivity index (χ2n) is 7.43. The highest BCUT2D eigenvalue weighted by atomic mass is 16.7. The molecule has 2 aliphatic heterocycles. The lowest BCUT2D eigenvalue weighted by molar-refractivity contribution is -0.326. The molecule has 1 saturated carbocycles. The minimum absolute atomic E-state index is 0.0692. The Kier molecular flexibility index (Phi) is 4.28. The molecule has 1 spiro atoms. The van der Waals surface area contributed by atoms with Gasteiger partial charge in [0, 0.05) is 18.9 Å². The van der Waals surface area contributed by atoms with Crippen molar-refractivity contribution in [1.82, 2.24) is 0 Å². The predicted octanol–water partition coefficient (Wildman–Crippen LogP) is 3.29. The second-order valence-corrected chi connectivity index (χ2v) is 7.43. The molecule has 2 heterocycles. The maximum atomic E-state index is 12.2. The summed E-state index contributed by atoms with van der Waals surface area (Å²) >= 11 is 0. The fraction of sp³-hybridized carbons (Fsp3) is 0.941. The van der Waals surface area contributed by atoms with Crippen molar-refractivity contribution in [2.24, 2.45) is 17.8 Å². The number of hydrogen-bond donors (Lipinski definition) is 0. The van der Waals surface area contributed by atoms with Gasteiger partial charge in [-0.3, -0.25) is 4.79 Å². The molecular weight excluding hydrogens is 268 g/mol. The van der Waals surface area contributed by atoms with Gasteiger partial charge in [-0.05, 0) is 37.5 Å². The highest BCUT2D eigenvalue weighted by molar-refractivity contribution is 5.71.